The highest BCUT2D eigenvalue weighted by atomic mass is 16.5. The van der Waals surface area contributed by atoms with Crippen molar-refractivity contribution in [3.05, 3.63) is 53.1 Å². The first-order chi connectivity index (χ1) is 28.9. The molecule has 0 saturated carbocycles. The number of aromatic hydroxyl groups is 3. The maximum absolute atomic E-state index is 12.7. The Labute approximate surface area is 354 Å². The second-order valence-electron chi connectivity index (χ2n) is 15.5. The molecule has 0 amide bonds. The zero-order valence-electron chi connectivity index (χ0n) is 36.3. The zero-order chi connectivity index (χ0) is 43.6. The Morgan fingerprint density at radius 2 is 0.667 bits per heavy atom. The zero-order valence-corrected chi connectivity index (χ0v) is 36.3. The van der Waals surface area contributed by atoms with Gasteiger partial charge in [0.05, 0.1) is 16.7 Å². The van der Waals surface area contributed by atoms with Crippen LogP contribution in [-0.4, -0.2) is 48.2 Å². The summed E-state index contributed by atoms with van der Waals surface area (Å²) >= 11 is 0. The number of carbonyl (C=O) groups excluding carboxylic acids is 3. The fourth-order valence-electron chi connectivity index (χ4n) is 6.79. The number of esters is 3. The van der Waals surface area contributed by atoms with Gasteiger partial charge in [0.25, 0.3) is 0 Å². The summed E-state index contributed by atoms with van der Waals surface area (Å²) in [4.78, 5) is 52.0. The number of rotatable bonds is 24. The predicted molar refractivity (Wildman–Crippen MR) is 232 cm³/mol. The summed E-state index contributed by atoms with van der Waals surface area (Å²) in [6, 6.07) is 9.27. The average Bonchev–Trinajstić information content (AvgIpc) is 3.22. The molecule has 0 spiro atoms. The quantitative estimate of drug-likeness (QED) is 0.0346. The molecule has 12 heteroatoms. The number of aromatic nitrogens is 3. The van der Waals surface area contributed by atoms with Gasteiger partial charge in [0.2, 0.25) is 0 Å². The van der Waals surface area contributed by atoms with Crippen LogP contribution in [0.5, 0.6) is 34.5 Å². The minimum atomic E-state index is -0.398. The van der Waals surface area contributed by atoms with Crippen LogP contribution >= 0.6 is 0 Å². The van der Waals surface area contributed by atoms with E-state index in [1.165, 1.54) is 18.2 Å². The monoisotopic (exact) mass is 825 g/mol. The van der Waals surface area contributed by atoms with Gasteiger partial charge < -0.3 is 29.5 Å². The van der Waals surface area contributed by atoms with Gasteiger partial charge in [-0.2, -0.15) is 0 Å². The number of nitrogens with zero attached hydrogens (tertiary/aromatic N) is 3. The molecule has 0 fully saturated rings. The van der Waals surface area contributed by atoms with Gasteiger partial charge in [-0.25, -0.2) is 15.0 Å². The van der Waals surface area contributed by atoms with Crippen LogP contribution in [0.25, 0.3) is 34.2 Å². The van der Waals surface area contributed by atoms with Crippen LogP contribution in [0.15, 0.2) is 36.4 Å². The summed E-state index contributed by atoms with van der Waals surface area (Å²) in [6.07, 6.45) is 15.5. The van der Waals surface area contributed by atoms with Crippen LogP contribution in [0, 0.1) is 20.8 Å². The summed E-state index contributed by atoms with van der Waals surface area (Å²) in [6.45, 7) is 11.2. The molecule has 0 bridgehead atoms. The van der Waals surface area contributed by atoms with E-state index in [2.05, 4.69) is 35.7 Å². The second-order valence-corrected chi connectivity index (χ2v) is 15.5. The normalized spacial score (nSPS) is 11.1. The lowest BCUT2D eigenvalue weighted by Crippen LogP contribution is -2.09. The molecule has 0 atom stereocenters. The lowest BCUT2D eigenvalue weighted by molar-refractivity contribution is -0.135. The summed E-state index contributed by atoms with van der Waals surface area (Å²) in [5.74, 6) is -1.32. The third kappa shape index (κ3) is 13.2. The van der Waals surface area contributed by atoms with Crippen molar-refractivity contribution >= 4 is 17.9 Å². The van der Waals surface area contributed by atoms with Crippen molar-refractivity contribution in [3.8, 4) is 68.7 Å². The Bertz CT molecular complexity index is 1840. The second kappa shape index (κ2) is 23.9. The molecule has 3 aromatic carbocycles. The molecule has 12 nitrogen and oxygen atoms in total. The van der Waals surface area contributed by atoms with Crippen molar-refractivity contribution in [2.24, 2.45) is 0 Å². The van der Waals surface area contributed by atoms with Crippen LogP contribution in [-0.2, 0) is 14.4 Å². The van der Waals surface area contributed by atoms with Crippen LogP contribution in [0.2, 0.25) is 0 Å². The number of carbonyl (C=O) groups is 3. The van der Waals surface area contributed by atoms with Gasteiger partial charge in [-0.15, -0.1) is 0 Å². The fourth-order valence-corrected chi connectivity index (χ4v) is 6.79. The van der Waals surface area contributed by atoms with E-state index >= 15 is 0 Å². The third-order valence-corrected chi connectivity index (χ3v) is 10.6. The Hall–Kier alpha value is -5.52. The molecule has 0 aliphatic carbocycles. The van der Waals surface area contributed by atoms with Gasteiger partial charge in [0.15, 0.2) is 17.5 Å². The van der Waals surface area contributed by atoms with E-state index in [4.69, 9.17) is 14.2 Å². The van der Waals surface area contributed by atoms with Crippen molar-refractivity contribution in [3.63, 3.8) is 0 Å². The SMILES string of the molecule is CCCCCCCC(=O)Oc1ccc(-c2nc(-c3ccc(OC(=O)CCCCCCC)c(C)c3O)nc(-c3ccc(OC(=O)CCCCCCC)c(C)c3O)n2)c(O)c1C. The summed E-state index contributed by atoms with van der Waals surface area (Å²) in [5, 5.41) is 34.5. The minimum Gasteiger partial charge on any atom is -0.507 e. The van der Waals surface area contributed by atoms with Gasteiger partial charge in [0.1, 0.15) is 34.5 Å². The standard InChI is InChI=1S/C48H63N3O9/c1-7-10-13-16-19-22-40(52)58-37-28-25-34(43(55)31(37)4)46-49-47(35-26-29-38(32(5)44(35)56)59-41(53)23-20-17-14-11-8-2)51-48(50-46)36-27-30-39(33(6)45(36)57)60-42(54)24-21-18-15-12-9-3/h25-30,55-57H,7-24H2,1-6H3. The highest BCUT2D eigenvalue weighted by Crippen LogP contribution is 2.42. The van der Waals surface area contributed by atoms with Crippen molar-refractivity contribution in [2.45, 2.75) is 157 Å². The van der Waals surface area contributed by atoms with Crippen LogP contribution in [0.1, 0.15) is 153 Å². The Kier molecular flexibility index (Phi) is 18.8. The molecule has 4 rings (SSSR count). The Morgan fingerprint density at radius 1 is 0.417 bits per heavy atom. The van der Waals surface area contributed by atoms with E-state index in [1.54, 1.807) is 39.0 Å². The molecule has 4 aromatic rings. The largest absolute Gasteiger partial charge is 0.507 e. The fraction of sp³-hybridized carbons (Fsp3) is 0.500. The number of hydrogen-bond acceptors (Lipinski definition) is 12. The van der Waals surface area contributed by atoms with Crippen molar-refractivity contribution in [2.75, 3.05) is 0 Å². The van der Waals surface area contributed by atoms with E-state index in [9.17, 15) is 29.7 Å². The molecular formula is C48H63N3O9. The smallest absolute Gasteiger partial charge is 0.311 e. The van der Waals surface area contributed by atoms with E-state index in [-0.39, 0.29) is 87.9 Å². The van der Waals surface area contributed by atoms with Crippen LogP contribution < -0.4 is 14.2 Å². The van der Waals surface area contributed by atoms with E-state index in [1.807, 2.05) is 0 Å². The van der Waals surface area contributed by atoms with E-state index < -0.39 is 17.9 Å². The maximum Gasteiger partial charge on any atom is 0.311 e. The van der Waals surface area contributed by atoms with Crippen LogP contribution in [0.4, 0.5) is 0 Å². The highest BCUT2D eigenvalue weighted by molar-refractivity contribution is 5.80. The summed E-state index contributed by atoms with van der Waals surface area (Å²) in [5.41, 5.74) is 1.41. The summed E-state index contributed by atoms with van der Waals surface area (Å²) < 4.78 is 16.9. The molecule has 60 heavy (non-hydrogen) atoms. The summed E-state index contributed by atoms with van der Waals surface area (Å²) in [7, 11) is 0. The molecule has 0 radical (unpaired) electrons. The number of phenolic OH excluding ortho intramolecular Hbond substituents is 3. The highest BCUT2D eigenvalue weighted by Gasteiger charge is 2.24. The molecule has 0 aliphatic rings. The maximum atomic E-state index is 12.7. The predicted octanol–water partition coefficient (Wildman–Crippen LogP) is 11.7. The van der Waals surface area contributed by atoms with Crippen molar-refractivity contribution in [1.82, 2.24) is 15.0 Å². The third-order valence-electron chi connectivity index (χ3n) is 10.6. The van der Waals surface area contributed by atoms with Gasteiger partial charge in [-0.1, -0.05) is 97.8 Å². The number of phenols is 3. The first-order valence-electron chi connectivity index (χ1n) is 21.8. The average molecular weight is 826 g/mol. The lowest BCUT2D eigenvalue weighted by atomic mass is 10.0. The molecule has 1 heterocycles. The first-order valence-corrected chi connectivity index (χ1v) is 21.8. The number of ether oxygens (including phenoxy) is 3. The molecule has 1 aromatic heterocycles. The van der Waals surface area contributed by atoms with E-state index in [0.717, 1.165) is 77.0 Å². The van der Waals surface area contributed by atoms with Gasteiger partial charge in [-0.3, -0.25) is 14.4 Å². The first kappa shape index (κ1) is 47.2. The van der Waals surface area contributed by atoms with Crippen LogP contribution in [0.3, 0.4) is 0 Å². The molecular weight excluding hydrogens is 763 g/mol. The minimum absolute atomic E-state index is 0.00402. The van der Waals surface area contributed by atoms with Gasteiger partial charge >= 0.3 is 17.9 Å². The number of hydrogen-bond donors (Lipinski definition) is 3. The Morgan fingerprint density at radius 3 is 0.917 bits per heavy atom. The molecule has 0 unspecified atom stereocenters. The number of benzene rings is 3. The van der Waals surface area contributed by atoms with E-state index in [0.29, 0.717) is 36.0 Å². The molecule has 3 N–H and O–H groups in total. The lowest BCUT2D eigenvalue weighted by Gasteiger charge is -2.16. The van der Waals surface area contributed by atoms with Gasteiger partial charge in [-0.05, 0) is 76.4 Å². The topological polar surface area (TPSA) is 178 Å². The van der Waals surface area contributed by atoms with Crippen molar-refractivity contribution in [1.29, 1.82) is 0 Å². The molecule has 0 aliphatic heterocycles. The van der Waals surface area contributed by atoms with Crippen molar-refractivity contribution < 1.29 is 43.9 Å². The number of unbranched alkanes of at least 4 members (excludes halogenated alkanes) is 12. The molecule has 0 saturated heterocycles. The molecule has 324 valence electrons. The van der Waals surface area contributed by atoms with Gasteiger partial charge in [0, 0.05) is 36.0 Å². The Balaban J connectivity index is 1.71.